The van der Waals surface area contributed by atoms with Crippen LogP contribution in [0, 0.1) is 0 Å². The minimum absolute atomic E-state index is 0.00694. The van der Waals surface area contributed by atoms with Crippen LogP contribution in [0.25, 0.3) is 0 Å². The van der Waals surface area contributed by atoms with Crippen molar-refractivity contribution < 1.29 is 9.26 Å². The Morgan fingerprint density at radius 3 is 3.00 bits per heavy atom. The third kappa shape index (κ3) is 1.29. The van der Waals surface area contributed by atoms with E-state index in [1.54, 1.807) is 19.4 Å². The Labute approximate surface area is 53.6 Å². The summed E-state index contributed by atoms with van der Waals surface area (Å²) in [4.78, 5) is 0. The van der Waals surface area contributed by atoms with Gasteiger partial charge in [-0.3, -0.25) is 0 Å². The molecule has 0 amide bonds. The summed E-state index contributed by atoms with van der Waals surface area (Å²) in [6.45, 7) is 1.90. The van der Waals surface area contributed by atoms with Gasteiger partial charge >= 0.3 is 0 Å². The Morgan fingerprint density at radius 2 is 2.56 bits per heavy atom. The van der Waals surface area contributed by atoms with Gasteiger partial charge in [0.05, 0.1) is 6.20 Å². The van der Waals surface area contributed by atoms with E-state index in [-0.39, 0.29) is 6.10 Å². The van der Waals surface area contributed by atoms with Gasteiger partial charge in [-0.25, -0.2) is 0 Å². The molecule has 0 aliphatic carbocycles. The zero-order valence-corrected chi connectivity index (χ0v) is 5.50. The molecular formula is C6H9NO2. The maximum atomic E-state index is 4.96. The number of hydrogen-bond donors (Lipinski definition) is 0. The van der Waals surface area contributed by atoms with E-state index in [2.05, 4.69) is 5.16 Å². The zero-order chi connectivity index (χ0) is 6.69. The molecule has 50 valence electrons. The molecule has 0 aliphatic heterocycles. The molecular weight excluding hydrogens is 118 g/mol. The monoisotopic (exact) mass is 127 g/mol. The first-order valence-corrected chi connectivity index (χ1v) is 2.78. The maximum absolute atomic E-state index is 4.96. The van der Waals surface area contributed by atoms with Gasteiger partial charge in [0.15, 0.2) is 5.76 Å². The standard InChI is InChI=1S/C6H9NO2/c1-5(8-2)6-3-4-7-9-6/h3-5H,1-2H3. The molecule has 0 aliphatic rings. The van der Waals surface area contributed by atoms with E-state index in [1.165, 1.54) is 0 Å². The van der Waals surface area contributed by atoms with Gasteiger partial charge in [-0.05, 0) is 6.92 Å². The van der Waals surface area contributed by atoms with Crippen molar-refractivity contribution >= 4 is 0 Å². The summed E-state index contributed by atoms with van der Waals surface area (Å²) in [5.74, 6) is 0.762. The summed E-state index contributed by atoms with van der Waals surface area (Å²) in [7, 11) is 1.63. The van der Waals surface area contributed by atoms with Crippen molar-refractivity contribution in [3.8, 4) is 0 Å². The number of hydrogen-bond acceptors (Lipinski definition) is 3. The Kier molecular flexibility index (Phi) is 1.85. The summed E-state index contributed by atoms with van der Waals surface area (Å²) in [5.41, 5.74) is 0. The lowest BCUT2D eigenvalue weighted by molar-refractivity contribution is 0.0931. The first kappa shape index (κ1) is 6.29. The van der Waals surface area contributed by atoms with Gasteiger partial charge in [-0.1, -0.05) is 5.16 Å². The van der Waals surface area contributed by atoms with Crippen LogP contribution in [-0.4, -0.2) is 12.3 Å². The van der Waals surface area contributed by atoms with Crippen LogP contribution >= 0.6 is 0 Å². The van der Waals surface area contributed by atoms with E-state index in [4.69, 9.17) is 9.26 Å². The highest BCUT2D eigenvalue weighted by atomic mass is 16.5. The molecule has 1 aromatic rings. The lowest BCUT2D eigenvalue weighted by atomic mass is 10.3. The first-order chi connectivity index (χ1) is 4.34. The second-order valence-corrected chi connectivity index (χ2v) is 1.79. The second kappa shape index (κ2) is 2.64. The third-order valence-electron chi connectivity index (χ3n) is 1.21. The van der Waals surface area contributed by atoms with E-state index in [1.807, 2.05) is 6.92 Å². The fraction of sp³-hybridized carbons (Fsp3) is 0.500. The van der Waals surface area contributed by atoms with Gasteiger partial charge in [-0.2, -0.15) is 0 Å². The van der Waals surface area contributed by atoms with Gasteiger partial charge in [0.2, 0.25) is 0 Å². The molecule has 0 saturated heterocycles. The van der Waals surface area contributed by atoms with E-state index in [9.17, 15) is 0 Å². The molecule has 0 saturated carbocycles. The molecule has 0 radical (unpaired) electrons. The number of nitrogens with zero attached hydrogens (tertiary/aromatic N) is 1. The Morgan fingerprint density at radius 1 is 1.78 bits per heavy atom. The largest absolute Gasteiger partial charge is 0.374 e. The number of ether oxygens (including phenoxy) is 1. The fourth-order valence-electron chi connectivity index (χ4n) is 0.551. The second-order valence-electron chi connectivity index (χ2n) is 1.79. The molecule has 1 atom stereocenters. The Bertz CT molecular complexity index is 160. The number of aromatic nitrogens is 1. The van der Waals surface area contributed by atoms with Gasteiger partial charge in [-0.15, -0.1) is 0 Å². The molecule has 3 nitrogen and oxygen atoms in total. The quantitative estimate of drug-likeness (QED) is 0.602. The average molecular weight is 127 g/mol. The highest BCUT2D eigenvalue weighted by Crippen LogP contribution is 2.12. The lowest BCUT2D eigenvalue weighted by Crippen LogP contribution is -1.92. The van der Waals surface area contributed by atoms with Crippen LogP contribution in [0.5, 0.6) is 0 Å². The van der Waals surface area contributed by atoms with Crippen molar-refractivity contribution in [2.75, 3.05) is 7.11 Å². The minimum Gasteiger partial charge on any atom is -0.374 e. The molecule has 0 aromatic carbocycles. The van der Waals surface area contributed by atoms with Crippen LogP contribution in [0.2, 0.25) is 0 Å². The first-order valence-electron chi connectivity index (χ1n) is 2.78. The summed E-state index contributed by atoms with van der Waals surface area (Å²) in [6.07, 6.45) is 1.61. The van der Waals surface area contributed by atoms with Crippen molar-refractivity contribution in [3.63, 3.8) is 0 Å². The maximum Gasteiger partial charge on any atom is 0.165 e. The van der Waals surface area contributed by atoms with Crippen molar-refractivity contribution in [2.45, 2.75) is 13.0 Å². The molecule has 0 spiro atoms. The molecule has 0 bridgehead atoms. The predicted octanol–water partition coefficient (Wildman–Crippen LogP) is 1.38. The lowest BCUT2D eigenvalue weighted by Gasteiger charge is -2.01. The van der Waals surface area contributed by atoms with Crippen molar-refractivity contribution in [1.82, 2.24) is 5.16 Å². The topological polar surface area (TPSA) is 35.3 Å². The minimum atomic E-state index is 0.00694. The van der Waals surface area contributed by atoms with E-state index < -0.39 is 0 Å². The van der Waals surface area contributed by atoms with E-state index >= 15 is 0 Å². The van der Waals surface area contributed by atoms with Crippen LogP contribution in [0.15, 0.2) is 16.8 Å². The number of methoxy groups -OCH3 is 1. The van der Waals surface area contributed by atoms with E-state index in [0.717, 1.165) is 5.76 Å². The van der Waals surface area contributed by atoms with Crippen molar-refractivity contribution in [1.29, 1.82) is 0 Å². The third-order valence-corrected chi connectivity index (χ3v) is 1.21. The molecule has 0 fully saturated rings. The van der Waals surface area contributed by atoms with Crippen LogP contribution < -0.4 is 0 Å². The highest BCUT2D eigenvalue weighted by Gasteiger charge is 2.05. The Hall–Kier alpha value is -0.830. The number of rotatable bonds is 2. The van der Waals surface area contributed by atoms with Gasteiger partial charge < -0.3 is 9.26 Å². The van der Waals surface area contributed by atoms with Gasteiger partial charge in [0.25, 0.3) is 0 Å². The SMILES string of the molecule is COC(C)c1ccno1. The molecule has 1 heterocycles. The summed E-state index contributed by atoms with van der Waals surface area (Å²) < 4.78 is 9.77. The van der Waals surface area contributed by atoms with Crippen LogP contribution in [-0.2, 0) is 4.74 Å². The van der Waals surface area contributed by atoms with Crippen molar-refractivity contribution in [3.05, 3.63) is 18.0 Å². The highest BCUT2D eigenvalue weighted by molar-refractivity contribution is 4.95. The van der Waals surface area contributed by atoms with Crippen LogP contribution in [0.1, 0.15) is 18.8 Å². The zero-order valence-electron chi connectivity index (χ0n) is 5.50. The Balaban J connectivity index is 2.65. The molecule has 3 heteroatoms. The molecule has 1 aromatic heterocycles. The average Bonchev–Trinajstić information content (AvgIpc) is 2.37. The van der Waals surface area contributed by atoms with Gasteiger partial charge in [0, 0.05) is 13.2 Å². The summed E-state index contributed by atoms with van der Waals surface area (Å²) >= 11 is 0. The van der Waals surface area contributed by atoms with Gasteiger partial charge in [0.1, 0.15) is 6.10 Å². The van der Waals surface area contributed by atoms with Crippen LogP contribution in [0.3, 0.4) is 0 Å². The molecule has 0 N–H and O–H groups in total. The van der Waals surface area contributed by atoms with Crippen molar-refractivity contribution in [2.24, 2.45) is 0 Å². The van der Waals surface area contributed by atoms with E-state index in [0.29, 0.717) is 0 Å². The molecule has 1 rings (SSSR count). The summed E-state index contributed by atoms with van der Waals surface area (Å²) in [6, 6.07) is 1.79. The molecule has 9 heavy (non-hydrogen) atoms. The summed E-state index contributed by atoms with van der Waals surface area (Å²) in [5, 5.41) is 3.54. The van der Waals surface area contributed by atoms with Crippen LogP contribution in [0.4, 0.5) is 0 Å². The normalized spacial score (nSPS) is 13.6. The predicted molar refractivity (Wildman–Crippen MR) is 31.9 cm³/mol. The fourth-order valence-corrected chi connectivity index (χ4v) is 0.551. The molecule has 1 unspecified atom stereocenters. The smallest absolute Gasteiger partial charge is 0.165 e.